The van der Waals surface area contributed by atoms with Crippen molar-refractivity contribution in [1.82, 2.24) is 5.32 Å². The lowest BCUT2D eigenvalue weighted by Gasteiger charge is -2.26. The molecule has 1 saturated carbocycles. The zero-order valence-electron chi connectivity index (χ0n) is 15.9. The molecule has 1 aromatic heterocycles. The molecular formula is C22H24N2O3S. The van der Waals surface area contributed by atoms with Gasteiger partial charge in [-0.05, 0) is 36.4 Å². The molecule has 2 aromatic rings. The van der Waals surface area contributed by atoms with Gasteiger partial charge >= 0.3 is 0 Å². The van der Waals surface area contributed by atoms with Crippen molar-refractivity contribution in [1.29, 1.82) is 0 Å². The predicted molar refractivity (Wildman–Crippen MR) is 111 cm³/mol. The summed E-state index contributed by atoms with van der Waals surface area (Å²) in [7, 11) is 0. The standard InChI is InChI=1S/C22H24N2O3S/c1-17(25)24-18-8-6-9-19(16-18)27-14-5-4-13-23-21(26)22(11-2-3-12-22)20-10-7-15-28-20/h6-10,15-16H,2-3,11-14H2,1H3,(H,23,26)(H,24,25). The Morgan fingerprint density at radius 3 is 2.71 bits per heavy atom. The molecule has 1 heterocycles. The number of amides is 2. The van der Waals surface area contributed by atoms with E-state index in [9.17, 15) is 9.59 Å². The van der Waals surface area contributed by atoms with Crippen molar-refractivity contribution in [3.8, 4) is 17.6 Å². The van der Waals surface area contributed by atoms with Crippen LogP contribution in [0.25, 0.3) is 0 Å². The van der Waals surface area contributed by atoms with E-state index in [1.807, 2.05) is 11.4 Å². The number of hydrogen-bond donors (Lipinski definition) is 2. The van der Waals surface area contributed by atoms with Crippen molar-refractivity contribution in [3.05, 3.63) is 46.7 Å². The fourth-order valence-corrected chi connectivity index (χ4v) is 4.49. The van der Waals surface area contributed by atoms with Crippen LogP contribution >= 0.6 is 11.3 Å². The van der Waals surface area contributed by atoms with Crippen LogP contribution in [0, 0.1) is 11.8 Å². The number of ether oxygens (including phenoxy) is 1. The van der Waals surface area contributed by atoms with Gasteiger partial charge in [-0.2, -0.15) is 0 Å². The number of rotatable bonds is 6. The summed E-state index contributed by atoms with van der Waals surface area (Å²) in [5.41, 5.74) is 0.303. The first-order valence-electron chi connectivity index (χ1n) is 9.39. The number of hydrogen-bond acceptors (Lipinski definition) is 4. The molecule has 0 saturated heterocycles. The molecule has 1 aromatic carbocycles. The van der Waals surface area contributed by atoms with Gasteiger partial charge in [-0.25, -0.2) is 0 Å². The maximum Gasteiger partial charge on any atom is 0.232 e. The summed E-state index contributed by atoms with van der Waals surface area (Å²) in [6.07, 6.45) is 3.98. The topological polar surface area (TPSA) is 67.4 Å². The predicted octanol–water partition coefficient (Wildman–Crippen LogP) is 3.72. The fraction of sp³-hybridized carbons (Fsp3) is 0.364. The van der Waals surface area contributed by atoms with Crippen molar-refractivity contribution < 1.29 is 14.3 Å². The Hall–Kier alpha value is -2.78. The van der Waals surface area contributed by atoms with Gasteiger partial charge in [0.2, 0.25) is 11.8 Å². The van der Waals surface area contributed by atoms with Crippen LogP contribution in [0.4, 0.5) is 5.69 Å². The van der Waals surface area contributed by atoms with E-state index in [1.54, 1.807) is 35.6 Å². The fourth-order valence-electron chi connectivity index (χ4n) is 3.51. The van der Waals surface area contributed by atoms with E-state index in [1.165, 1.54) is 6.92 Å². The van der Waals surface area contributed by atoms with Gasteiger partial charge in [-0.15, -0.1) is 11.3 Å². The number of thiophene rings is 1. The van der Waals surface area contributed by atoms with E-state index in [0.29, 0.717) is 18.0 Å². The largest absolute Gasteiger partial charge is 0.481 e. The van der Waals surface area contributed by atoms with Crippen LogP contribution < -0.4 is 15.4 Å². The number of benzene rings is 1. The van der Waals surface area contributed by atoms with Gasteiger partial charge in [-0.3, -0.25) is 9.59 Å². The average molecular weight is 397 g/mol. The molecule has 28 heavy (non-hydrogen) atoms. The van der Waals surface area contributed by atoms with Crippen LogP contribution in [-0.2, 0) is 15.0 Å². The third-order valence-electron chi connectivity index (χ3n) is 4.81. The lowest BCUT2D eigenvalue weighted by atomic mass is 9.83. The third kappa shape index (κ3) is 4.93. The summed E-state index contributed by atoms with van der Waals surface area (Å²) in [4.78, 5) is 25.1. The molecular weight excluding hydrogens is 372 g/mol. The van der Waals surface area contributed by atoms with E-state index in [2.05, 4.69) is 28.5 Å². The molecule has 1 aliphatic rings. The van der Waals surface area contributed by atoms with Crippen molar-refractivity contribution in [2.75, 3.05) is 18.5 Å². The minimum Gasteiger partial charge on any atom is -0.481 e. The zero-order chi connectivity index (χ0) is 19.8. The van der Waals surface area contributed by atoms with E-state index in [4.69, 9.17) is 4.74 Å². The summed E-state index contributed by atoms with van der Waals surface area (Å²) in [6.45, 7) is 1.98. The molecule has 1 fully saturated rings. The molecule has 2 N–H and O–H groups in total. The Morgan fingerprint density at radius 2 is 2.00 bits per heavy atom. The van der Waals surface area contributed by atoms with Crippen LogP contribution in [0.15, 0.2) is 41.8 Å². The highest BCUT2D eigenvalue weighted by Gasteiger charge is 2.43. The number of carbonyl (C=O) groups excluding carboxylic acids is 2. The van der Waals surface area contributed by atoms with Gasteiger partial charge < -0.3 is 15.4 Å². The smallest absolute Gasteiger partial charge is 0.232 e. The first-order valence-corrected chi connectivity index (χ1v) is 10.3. The second-order valence-corrected chi connectivity index (χ2v) is 7.75. The van der Waals surface area contributed by atoms with Gasteiger partial charge in [0.15, 0.2) is 0 Å². The molecule has 0 atom stereocenters. The number of nitrogens with one attached hydrogen (secondary N) is 2. The normalized spacial score (nSPS) is 14.6. The molecule has 2 amide bonds. The lowest BCUT2D eigenvalue weighted by Crippen LogP contribution is -2.42. The maximum atomic E-state index is 12.8. The summed E-state index contributed by atoms with van der Waals surface area (Å²) in [5.74, 6) is 6.44. The molecule has 1 aliphatic carbocycles. The van der Waals surface area contributed by atoms with Crippen LogP contribution in [0.2, 0.25) is 0 Å². The van der Waals surface area contributed by atoms with Gasteiger partial charge in [0.25, 0.3) is 0 Å². The van der Waals surface area contributed by atoms with Gasteiger partial charge in [0.05, 0.1) is 12.0 Å². The molecule has 0 aliphatic heterocycles. The minimum absolute atomic E-state index is 0.0747. The van der Waals surface area contributed by atoms with Gasteiger partial charge in [0.1, 0.15) is 12.4 Å². The van der Waals surface area contributed by atoms with Crippen molar-refractivity contribution in [2.24, 2.45) is 0 Å². The Kier molecular flexibility index (Phi) is 6.72. The highest BCUT2D eigenvalue weighted by atomic mass is 32.1. The van der Waals surface area contributed by atoms with E-state index in [0.717, 1.165) is 30.6 Å². The number of carbonyl (C=O) groups is 2. The van der Waals surface area contributed by atoms with Gasteiger partial charge in [-0.1, -0.05) is 36.8 Å². The summed E-state index contributed by atoms with van der Waals surface area (Å²) in [6, 6.07) is 11.2. The third-order valence-corrected chi connectivity index (χ3v) is 5.89. The second-order valence-electron chi connectivity index (χ2n) is 6.80. The van der Waals surface area contributed by atoms with Crippen molar-refractivity contribution >= 4 is 28.8 Å². The number of anilines is 1. The van der Waals surface area contributed by atoms with E-state index < -0.39 is 0 Å². The molecule has 0 radical (unpaired) electrons. The van der Waals surface area contributed by atoms with Crippen LogP contribution in [0.3, 0.4) is 0 Å². The molecule has 6 heteroatoms. The zero-order valence-corrected chi connectivity index (χ0v) is 16.7. The van der Waals surface area contributed by atoms with E-state index >= 15 is 0 Å². The molecule has 0 spiro atoms. The monoisotopic (exact) mass is 396 g/mol. The van der Waals surface area contributed by atoms with E-state index in [-0.39, 0.29) is 23.8 Å². The molecule has 5 nitrogen and oxygen atoms in total. The van der Waals surface area contributed by atoms with Gasteiger partial charge in [0, 0.05) is 23.6 Å². The average Bonchev–Trinajstić information content (AvgIpc) is 3.36. The second kappa shape index (κ2) is 9.43. The Balaban J connectivity index is 1.48. The van der Waals surface area contributed by atoms with Crippen LogP contribution in [-0.4, -0.2) is 25.0 Å². The first-order chi connectivity index (χ1) is 13.6. The van der Waals surface area contributed by atoms with Crippen molar-refractivity contribution in [2.45, 2.75) is 38.0 Å². The lowest BCUT2D eigenvalue weighted by molar-refractivity contribution is -0.126. The molecule has 3 rings (SSSR count). The highest BCUT2D eigenvalue weighted by molar-refractivity contribution is 7.10. The SMILES string of the molecule is CC(=O)Nc1cccc(OCC#CCNC(=O)C2(c3cccs3)CCCC2)c1. The summed E-state index contributed by atoms with van der Waals surface area (Å²) in [5, 5.41) is 7.71. The first kappa shape index (κ1) is 20.0. The maximum absolute atomic E-state index is 12.8. The quantitative estimate of drug-likeness (QED) is 0.732. The Morgan fingerprint density at radius 1 is 1.18 bits per heavy atom. The Bertz CT molecular complexity index is 875. The molecule has 0 bridgehead atoms. The molecule has 146 valence electrons. The van der Waals surface area contributed by atoms with Crippen molar-refractivity contribution in [3.63, 3.8) is 0 Å². The Labute approximate surface area is 169 Å². The minimum atomic E-state index is -0.378. The van der Waals surface area contributed by atoms with Crippen LogP contribution in [0.5, 0.6) is 5.75 Å². The molecule has 0 unspecified atom stereocenters. The summed E-state index contributed by atoms with van der Waals surface area (Å²) >= 11 is 1.65. The highest BCUT2D eigenvalue weighted by Crippen LogP contribution is 2.43. The van der Waals surface area contributed by atoms with Crippen LogP contribution in [0.1, 0.15) is 37.5 Å². The summed E-state index contributed by atoms with van der Waals surface area (Å²) < 4.78 is 5.58.